The number of hydrogen-bond acceptors (Lipinski definition) is 3. The molecule has 2 rings (SSSR count). The standard InChI is InChI=1S/C18H30N2O/c1-14(2)12-20(17-5-3-4-6-17)13-18(21)16-9-7-15(11-19)8-10-16/h7-10,14,17-18,21H,3-6,11-13,19H2,1-2H3. The molecular formula is C18H30N2O. The van der Waals surface area contributed by atoms with Gasteiger partial charge >= 0.3 is 0 Å². The zero-order valence-electron chi connectivity index (χ0n) is 13.5. The van der Waals surface area contributed by atoms with E-state index in [9.17, 15) is 5.11 Å². The molecule has 1 aliphatic carbocycles. The first kappa shape index (κ1) is 16.5. The van der Waals surface area contributed by atoms with E-state index in [2.05, 4.69) is 18.7 Å². The summed E-state index contributed by atoms with van der Waals surface area (Å²) in [5.74, 6) is 0.636. The second-order valence-electron chi connectivity index (χ2n) is 6.75. The molecule has 1 atom stereocenters. The number of aliphatic hydroxyl groups excluding tert-OH is 1. The van der Waals surface area contributed by atoms with Gasteiger partial charge in [0.15, 0.2) is 0 Å². The molecule has 0 aliphatic heterocycles. The van der Waals surface area contributed by atoms with Gasteiger partial charge in [0.1, 0.15) is 0 Å². The summed E-state index contributed by atoms with van der Waals surface area (Å²) in [6.07, 6.45) is 4.83. The Morgan fingerprint density at radius 1 is 1.14 bits per heavy atom. The molecule has 1 unspecified atom stereocenters. The topological polar surface area (TPSA) is 49.5 Å². The van der Waals surface area contributed by atoms with Crippen molar-refractivity contribution < 1.29 is 5.11 Å². The third-order valence-corrected chi connectivity index (χ3v) is 4.45. The van der Waals surface area contributed by atoms with Crippen LogP contribution in [0.5, 0.6) is 0 Å². The molecule has 3 nitrogen and oxygen atoms in total. The highest BCUT2D eigenvalue weighted by Gasteiger charge is 2.25. The van der Waals surface area contributed by atoms with Crippen molar-refractivity contribution in [1.29, 1.82) is 0 Å². The zero-order chi connectivity index (χ0) is 15.2. The van der Waals surface area contributed by atoms with Crippen molar-refractivity contribution in [3.05, 3.63) is 35.4 Å². The van der Waals surface area contributed by atoms with Crippen LogP contribution < -0.4 is 5.73 Å². The van der Waals surface area contributed by atoms with Gasteiger partial charge in [-0.1, -0.05) is 51.0 Å². The maximum absolute atomic E-state index is 10.6. The van der Waals surface area contributed by atoms with Crippen LogP contribution in [0, 0.1) is 5.92 Å². The number of benzene rings is 1. The van der Waals surface area contributed by atoms with E-state index in [0.717, 1.165) is 24.2 Å². The summed E-state index contributed by atoms with van der Waals surface area (Å²) in [4.78, 5) is 2.50. The lowest BCUT2D eigenvalue weighted by atomic mass is 10.0. The highest BCUT2D eigenvalue weighted by Crippen LogP contribution is 2.26. The van der Waals surface area contributed by atoms with Crippen LogP contribution in [0.1, 0.15) is 56.8 Å². The molecule has 0 bridgehead atoms. The molecule has 1 aromatic rings. The van der Waals surface area contributed by atoms with Crippen molar-refractivity contribution in [3.63, 3.8) is 0 Å². The summed E-state index contributed by atoms with van der Waals surface area (Å²) < 4.78 is 0. The molecule has 1 fully saturated rings. The highest BCUT2D eigenvalue weighted by molar-refractivity contribution is 5.24. The van der Waals surface area contributed by atoms with Crippen LogP contribution in [0.2, 0.25) is 0 Å². The van der Waals surface area contributed by atoms with Gasteiger partial charge in [-0.3, -0.25) is 4.90 Å². The molecular weight excluding hydrogens is 260 g/mol. The predicted molar refractivity (Wildman–Crippen MR) is 88.0 cm³/mol. The van der Waals surface area contributed by atoms with Crippen molar-refractivity contribution >= 4 is 0 Å². The smallest absolute Gasteiger partial charge is 0.0917 e. The quantitative estimate of drug-likeness (QED) is 0.811. The van der Waals surface area contributed by atoms with E-state index in [1.807, 2.05) is 24.3 Å². The van der Waals surface area contributed by atoms with Gasteiger partial charge in [0.2, 0.25) is 0 Å². The fraction of sp³-hybridized carbons (Fsp3) is 0.667. The molecule has 118 valence electrons. The number of hydrogen-bond donors (Lipinski definition) is 2. The fourth-order valence-electron chi connectivity index (χ4n) is 3.31. The Bertz CT molecular complexity index is 410. The highest BCUT2D eigenvalue weighted by atomic mass is 16.3. The molecule has 3 heteroatoms. The summed E-state index contributed by atoms with van der Waals surface area (Å²) >= 11 is 0. The monoisotopic (exact) mass is 290 g/mol. The second-order valence-corrected chi connectivity index (χ2v) is 6.75. The van der Waals surface area contributed by atoms with Gasteiger partial charge in [-0.05, 0) is 29.9 Å². The van der Waals surface area contributed by atoms with Crippen LogP contribution >= 0.6 is 0 Å². The molecule has 0 amide bonds. The van der Waals surface area contributed by atoms with E-state index in [0.29, 0.717) is 18.5 Å². The van der Waals surface area contributed by atoms with Gasteiger partial charge in [-0.2, -0.15) is 0 Å². The van der Waals surface area contributed by atoms with E-state index in [4.69, 9.17) is 5.73 Å². The minimum absolute atomic E-state index is 0.406. The molecule has 1 saturated carbocycles. The van der Waals surface area contributed by atoms with Crippen LogP contribution in [0.3, 0.4) is 0 Å². The minimum Gasteiger partial charge on any atom is -0.387 e. The fourth-order valence-corrected chi connectivity index (χ4v) is 3.31. The summed E-state index contributed by atoms with van der Waals surface area (Å²) in [7, 11) is 0. The summed E-state index contributed by atoms with van der Waals surface area (Å²) in [5.41, 5.74) is 7.73. The van der Waals surface area contributed by atoms with Crippen molar-refractivity contribution in [2.45, 2.75) is 58.2 Å². The predicted octanol–water partition coefficient (Wildman–Crippen LogP) is 3.08. The third-order valence-electron chi connectivity index (χ3n) is 4.45. The van der Waals surface area contributed by atoms with Crippen molar-refractivity contribution in [1.82, 2.24) is 4.90 Å². The Labute approximate surface area is 129 Å². The SMILES string of the molecule is CC(C)CN(CC(O)c1ccc(CN)cc1)C1CCCC1. The number of nitrogens with zero attached hydrogens (tertiary/aromatic N) is 1. The second kappa shape index (κ2) is 7.92. The first-order valence-corrected chi connectivity index (χ1v) is 8.31. The number of aliphatic hydroxyl groups is 1. The van der Waals surface area contributed by atoms with Crippen LogP contribution in [-0.2, 0) is 6.54 Å². The van der Waals surface area contributed by atoms with Gasteiger partial charge in [-0.15, -0.1) is 0 Å². The lowest BCUT2D eigenvalue weighted by molar-refractivity contribution is 0.0796. The first-order valence-electron chi connectivity index (χ1n) is 8.31. The van der Waals surface area contributed by atoms with Gasteiger partial charge in [-0.25, -0.2) is 0 Å². The summed E-state index contributed by atoms with van der Waals surface area (Å²) in [5, 5.41) is 10.6. The normalized spacial score (nSPS) is 17.8. The lowest BCUT2D eigenvalue weighted by Crippen LogP contribution is -2.39. The molecule has 0 aromatic heterocycles. The lowest BCUT2D eigenvalue weighted by Gasteiger charge is -2.32. The number of nitrogens with two attached hydrogens (primary N) is 1. The van der Waals surface area contributed by atoms with Gasteiger partial charge in [0, 0.05) is 25.7 Å². The average molecular weight is 290 g/mol. The van der Waals surface area contributed by atoms with Crippen LogP contribution in [0.4, 0.5) is 0 Å². The molecule has 0 heterocycles. The van der Waals surface area contributed by atoms with Crippen LogP contribution in [-0.4, -0.2) is 29.1 Å². The van der Waals surface area contributed by atoms with Crippen molar-refractivity contribution in [2.75, 3.05) is 13.1 Å². The van der Waals surface area contributed by atoms with E-state index >= 15 is 0 Å². The minimum atomic E-state index is -0.406. The summed E-state index contributed by atoms with van der Waals surface area (Å²) in [6.45, 7) is 6.88. The molecule has 3 N–H and O–H groups in total. The third kappa shape index (κ3) is 4.80. The Morgan fingerprint density at radius 3 is 2.29 bits per heavy atom. The van der Waals surface area contributed by atoms with Gasteiger partial charge in [0.25, 0.3) is 0 Å². The molecule has 1 aromatic carbocycles. The van der Waals surface area contributed by atoms with E-state index in [-0.39, 0.29) is 0 Å². The number of rotatable bonds is 7. The maximum atomic E-state index is 10.6. The first-order chi connectivity index (χ1) is 10.1. The molecule has 0 spiro atoms. The Kier molecular flexibility index (Phi) is 6.22. The largest absolute Gasteiger partial charge is 0.387 e. The zero-order valence-corrected chi connectivity index (χ0v) is 13.5. The maximum Gasteiger partial charge on any atom is 0.0917 e. The van der Waals surface area contributed by atoms with E-state index < -0.39 is 6.10 Å². The van der Waals surface area contributed by atoms with Gasteiger partial charge < -0.3 is 10.8 Å². The summed E-state index contributed by atoms with van der Waals surface area (Å²) in [6, 6.07) is 8.71. The van der Waals surface area contributed by atoms with Gasteiger partial charge in [0.05, 0.1) is 6.10 Å². The van der Waals surface area contributed by atoms with E-state index in [1.54, 1.807) is 0 Å². The van der Waals surface area contributed by atoms with Crippen LogP contribution in [0.15, 0.2) is 24.3 Å². The average Bonchev–Trinajstić information content (AvgIpc) is 3.00. The van der Waals surface area contributed by atoms with Crippen LogP contribution in [0.25, 0.3) is 0 Å². The van der Waals surface area contributed by atoms with Crippen molar-refractivity contribution in [3.8, 4) is 0 Å². The molecule has 0 saturated heterocycles. The van der Waals surface area contributed by atoms with E-state index in [1.165, 1.54) is 25.7 Å². The Morgan fingerprint density at radius 2 is 1.76 bits per heavy atom. The molecule has 0 radical (unpaired) electrons. The van der Waals surface area contributed by atoms with Crippen molar-refractivity contribution in [2.24, 2.45) is 11.7 Å². The Balaban J connectivity index is 1.99. The molecule has 21 heavy (non-hydrogen) atoms. The molecule has 1 aliphatic rings. The Hall–Kier alpha value is -0.900.